The van der Waals surface area contributed by atoms with Gasteiger partial charge < -0.3 is 4.42 Å². The van der Waals surface area contributed by atoms with E-state index in [1.807, 2.05) is 13.0 Å². The van der Waals surface area contributed by atoms with Crippen molar-refractivity contribution in [3.8, 4) is 0 Å². The minimum atomic E-state index is -3.48. The lowest BCUT2D eigenvalue weighted by Gasteiger charge is -2.08. The number of hydrogen-bond acceptors (Lipinski definition) is 4. The molecule has 0 aliphatic carbocycles. The minimum absolute atomic E-state index is 0.284. The Bertz CT molecular complexity index is 705. The van der Waals surface area contributed by atoms with Gasteiger partial charge in [-0.2, -0.15) is 0 Å². The fourth-order valence-electron chi connectivity index (χ4n) is 2.04. The molecule has 1 aromatic carbocycles. The zero-order chi connectivity index (χ0) is 14.8. The van der Waals surface area contributed by atoms with Crippen LogP contribution in [-0.2, 0) is 16.4 Å². The summed E-state index contributed by atoms with van der Waals surface area (Å²) >= 11 is 0. The molecule has 1 N–H and O–H groups in total. The van der Waals surface area contributed by atoms with E-state index in [9.17, 15) is 8.42 Å². The molecule has 108 valence electrons. The third-order valence-electron chi connectivity index (χ3n) is 3.03. The lowest BCUT2D eigenvalue weighted by Crippen LogP contribution is -2.26. The van der Waals surface area contributed by atoms with E-state index in [0.717, 1.165) is 17.0 Å². The van der Waals surface area contributed by atoms with Crippen molar-refractivity contribution in [2.45, 2.75) is 32.1 Å². The Hall–Kier alpha value is -1.66. The molecule has 0 radical (unpaired) electrons. The summed E-state index contributed by atoms with van der Waals surface area (Å²) in [7, 11) is -3.48. The van der Waals surface area contributed by atoms with Gasteiger partial charge in [-0.1, -0.05) is 18.2 Å². The van der Waals surface area contributed by atoms with Crippen LogP contribution in [-0.4, -0.2) is 19.9 Å². The van der Waals surface area contributed by atoms with Gasteiger partial charge in [-0.15, -0.1) is 0 Å². The third kappa shape index (κ3) is 3.26. The van der Waals surface area contributed by atoms with Crippen LogP contribution in [0.2, 0.25) is 0 Å². The predicted molar refractivity (Wildman–Crippen MR) is 76.0 cm³/mol. The molecule has 1 aromatic heterocycles. The molecule has 2 aromatic rings. The topological polar surface area (TPSA) is 72.2 Å². The first-order valence-corrected chi connectivity index (χ1v) is 7.86. The molecule has 0 amide bonds. The van der Waals surface area contributed by atoms with Crippen molar-refractivity contribution >= 4 is 10.0 Å². The van der Waals surface area contributed by atoms with Gasteiger partial charge in [-0.05, 0) is 25.5 Å². The number of nitrogens with one attached hydrogen (secondary N) is 1. The number of sulfonamides is 1. The quantitative estimate of drug-likeness (QED) is 0.917. The number of benzene rings is 1. The molecule has 0 saturated carbocycles. The molecule has 0 aliphatic heterocycles. The van der Waals surface area contributed by atoms with Gasteiger partial charge in [0.05, 0.1) is 10.6 Å². The average Bonchev–Trinajstić information content (AvgIpc) is 2.68. The Kier molecular flexibility index (Phi) is 4.25. The molecule has 1 heterocycles. The molecule has 2 rings (SSSR count). The monoisotopic (exact) mass is 294 g/mol. The summed E-state index contributed by atoms with van der Waals surface area (Å²) in [5.41, 5.74) is 1.53. The van der Waals surface area contributed by atoms with Crippen LogP contribution in [0.4, 0.5) is 0 Å². The second-order valence-electron chi connectivity index (χ2n) is 4.65. The maximum atomic E-state index is 12.2. The molecular formula is C14H18N2O3S. The largest absolute Gasteiger partial charge is 0.446 e. The molecule has 0 unspecified atom stereocenters. The van der Waals surface area contributed by atoms with Gasteiger partial charge in [0.2, 0.25) is 10.0 Å². The van der Waals surface area contributed by atoms with Gasteiger partial charge in [-0.3, -0.25) is 0 Å². The van der Waals surface area contributed by atoms with Crippen molar-refractivity contribution < 1.29 is 12.8 Å². The molecule has 0 atom stereocenters. The van der Waals surface area contributed by atoms with Gasteiger partial charge in [0.25, 0.3) is 0 Å². The van der Waals surface area contributed by atoms with Gasteiger partial charge in [0.15, 0.2) is 5.89 Å². The molecule has 0 spiro atoms. The summed E-state index contributed by atoms with van der Waals surface area (Å²) < 4.78 is 32.4. The fraction of sp³-hybridized carbons (Fsp3) is 0.357. The summed E-state index contributed by atoms with van der Waals surface area (Å²) in [6.07, 6.45) is 0.484. The highest BCUT2D eigenvalue weighted by atomic mass is 32.2. The number of aromatic nitrogens is 1. The van der Waals surface area contributed by atoms with Gasteiger partial charge in [0, 0.05) is 19.9 Å². The summed E-state index contributed by atoms with van der Waals surface area (Å²) in [6, 6.07) is 6.90. The van der Waals surface area contributed by atoms with Crippen LogP contribution >= 0.6 is 0 Å². The number of oxazole rings is 1. The Morgan fingerprint density at radius 1 is 1.20 bits per heavy atom. The van der Waals surface area contributed by atoms with E-state index in [4.69, 9.17) is 4.42 Å². The lowest BCUT2D eigenvalue weighted by molar-refractivity contribution is 0.472. The fourth-order valence-corrected chi connectivity index (χ4v) is 3.32. The summed E-state index contributed by atoms with van der Waals surface area (Å²) in [5, 5.41) is 0. The highest BCUT2D eigenvalue weighted by Crippen LogP contribution is 2.14. The molecular weight excluding hydrogens is 276 g/mol. The molecule has 5 nitrogen and oxygen atoms in total. The van der Waals surface area contributed by atoms with Crippen LogP contribution in [0.15, 0.2) is 33.6 Å². The Balaban J connectivity index is 2.04. The second kappa shape index (κ2) is 5.76. The highest BCUT2D eigenvalue weighted by molar-refractivity contribution is 7.89. The van der Waals surface area contributed by atoms with Crippen molar-refractivity contribution in [3.63, 3.8) is 0 Å². The van der Waals surface area contributed by atoms with E-state index in [-0.39, 0.29) is 6.54 Å². The van der Waals surface area contributed by atoms with E-state index >= 15 is 0 Å². The van der Waals surface area contributed by atoms with E-state index in [0.29, 0.717) is 17.2 Å². The van der Waals surface area contributed by atoms with Crippen molar-refractivity contribution in [1.29, 1.82) is 0 Å². The summed E-state index contributed by atoms with van der Waals surface area (Å²) in [4.78, 5) is 4.47. The van der Waals surface area contributed by atoms with E-state index in [2.05, 4.69) is 9.71 Å². The van der Waals surface area contributed by atoms with Crippen LogP contribution < -0.4 is 4.72 Å². The Morgan fingerprint density at radius 2 is 1.90 bits per heavy atom. The first-order valence-electron chi connectivity index (χ1n) is 6.38. The van der Waals surface area contributed by atoms with E-state index in [1.54, 1.807) is 32.0 Å². The second-order valence-corrected chi connectivity index (χ2v) is 6.39. The number of aryl methyl sites for hydroxylation is 3. The molecule has 6 heteroatoms. The standard InChI is InChI=1S/C14H18N2O3S/c1-10-6-4-5-7-14(10)20(17,18)15-9-8-13-11(2)16-12(3)19-13/h4-7,15H,8-9H2,1-3H3. The van der Waals surface area contributed by atoms with Crippen molar-refractivity contribution in [2.75, 3.05) is 6.54 Å². The van der Waals surface area contributed by atoms with Crippen molar-refractivity contribution in [1.82, 2.24) is 9.71 Å². The zero-order valence-corrected chi connectivity index (χ0v) is 12.6. The lowest BCUT2D eigenvalue weighted by atomic mass is 10.2. The maximum absolute atomic E-state index is 12.2. The van der Waals surface area contributed by atoms with E-state index < -0.39 is 10.0 Å². The number of nitrogens with zero attached hydrogens (tertiary/aromatic N) is 1. The van der Waals surface area contributed by atoms with Crippen LogP contribution in [0.25, 0.3) is 0 Å². The molecule has 0 bridgehead atoms. The van der Waals surface area contributed by atoms with Crippen LogP contribution in [0, 0.1) is 20.8 Å². The Morgan fingerprint density at radius 3 is 2.50 bits per heavy atom. The molecule has 0 aliphatic rings. The maximum Gasteiger partial charge on any atom is 0.240 e. The SMILES string of the molecule is Cc1nc(C)c(CCNS(=O)(=O)c2ccccc2C)o1. The van der Waals surface area contributed by atoms with E-state index in [1.165, 1.54) is 0 Å². The number of rotatable bonds is 5. The van der Waals surface area contributed by atoms with Crippen LogP contribution in [0.5, 0.6) is 0 Å². The first-order chi connectivity index (χ1) is 9.40. The molecule has 20 heavy (non-hydrogen) atoms. The highest BCUT2D eigenvalue weighted by Gasteiger charge is 2.16. The smallest absolute Gasteiger partial charge is 0.240 e. The number of hydrogen-bond donors (Lipinski definition) is 1. The zero-order valence-electron chi connectivity index (χ0n) is 11.8. The first kappa shape index (κ1) is 14.7. The summed E-state index contributed by atoms with van der Waals surface area (Å²) in [5.74, 6) is 1.31. The van der Waals surface area contributed by atoms with Crippen LogP contribution in [0.3, 0.4) is 0 Å². The van der Waals surface area contributed by atoms with Gasteiger partial charge in [-0.25, -0.2) is 18.1 Å². The molecule has 0 saturated heterocycles. The minimum Gasteiger partial charge on any atom is -0.446 e. The van der Waals surface area contributed by atoms with Crippen LogP contribution in [0.1, 0.15) is 22.9 Å². The summed E-state index contributed by atoms with van der Waals surface area (Å²) in [6.45, 7) is 5.68. The van der Waals surface area contributed by atoms with Gasteiger partial charge >= 0.3 is 0 Å². The van der Waals surface area contributed by atoms with Gasteiger partial charge in [0.1, 0.15) is 5.76 Å². The molecule has 0 fully saturated rings. The Labute approximate surface area is 119 Å². The average molecular weight is 294 g/mol. The van der Waals surface area contributed by atoms with Crippen molar-refractivity contribution in [2.24, 2.45) is 0 Å². The predicted octanol–water partition coefficient (Wildman–Crippen LogP) is 2.12. The third-order valence-corrected chi connectivity index (χ3v) is 4.65. The normalized spacial score (nSPS) is 11.8. The van der Waals surface area contributed by atoms with Crippen molar-refractivity contribution in [3.05, 3.63) is 47.2 Å².